The molecule has 4 aliphatic rings. The number of rotatable bonds is 2. The molecule has 0 N–H and O–H groups in total. The predicted octanol–water partition coefficient (Wildman–Crippen LogP) is 2.32. The van der Waals surface area contributed by atoms with E-state index in [2.05, 4.69) is 0 Å². The van der Waals surface area contributed by atoms with Crippen LogP contribution in [0.3, 0.4) is 0 Å². The Morgan fingerprint density at radius 3 is 2.53 bits per heavy atom. The van der Waals surface area contributed by atoms with Crippen LogP contribution in [0.1, 0.15) is 51.4 Å². The number of epoxide rings is 1. The molecule has 0 aromatic heterocycles. The van der Waals surface area contributed by atoms with Crippen molar-refractivity contribution >= 4 is 11.9 Å². The van der Waals surface area contributed by atoms with Crippen molar-refractivity contribution in [2.24, 2.45) is 5.92 Å². The molecule has 2 aliphatic heterocycles. The molecule has 0 amide bonds. The summed E-state index contributed by atoms with van der Waals surface area (Å²) in [7, 11) is 0. The largest absolute Gasteiger partial charge is 0.514 e. The van der Waals surface area contributed by atoms with Gasteiger partial charge < -0.3 is 14.2 Å². The molecule has 2 saturated carbocycles. The maximum atomic E-state index is 11.3. The number of hydrogen-bond donors (Lipinski definition) is 0. The van der Waals surface area contributed by atoms with Gasteiger partial charge in [0.15, 0.2) is 0 Å². The lowest BCUT2D eigenvalue weighted by Gasteiger charge is -2.43. The van der Waals surface area contributed by atoms with Crippen LogP contribution in [-0.2, 0) is 19.0 Å². The van der Waals surface area contributed by atoms with Crippen LogP contribution in [-0.4, -0.2) is 29.4 Å². The highest BCUT2D eigenvalue weighted by Crippen LogP contribution is 2.58. The van der Waals surface area contributed by atoms with Gasteiger partial charge in [0, 0.05) is 19.3 Å². The maximum Gasteiger partial charge on any atom is 0.514 e. The van der Waals surface area contributed by atoms with Gasteiger partial charge in [-0.25, -0.2) is 4.79 Å². The normalized spacial score (nSPS) is 40.1. The van der Waals surface area contributed by atoms with Crippen molar-refractivity contribution in [3.8, 4) is 0 Å². The summed E-state index contributed by atoms with van der Waals surface area (Å²) in [6.07, 6.45) is 6.41. The first-order valence-corrected chi connectivity index (χ1v) is 7.21. The number of hydrogen-bond acceptors (Lipinski definition) is 5. The smallest absolute Gasteiger partial charge is 0.391 e. The van der Waals surface area contributed by atoms with Gasteiger partial charge in [-0.05, 0) is 31.6 Å². The molecule has 104 valence electrons. The molecule has 2 saturated heterocycles. The number of fused-ring (bicyclic) bond motifs is 1. The minimum atomic E-state index is -0.700. The molecule has 4 fully saturated rings. The highest BCUT2D eigenvalue weighted by molar-refractivity contribution is 5.79. The third-order valence-electron chi connectivity index (χ3n) is 5.10. The zero-order chi connectivity index (χ0) is 13.1. The predicted molar refractivity (Wildman–Crippen MR) is 63.3 cm³/mol. The fraction of sp³-hybridized carbons (Fsp3) is 0.857. The second kappa shape index (κ2) is 3.72. The van der Waals surface area contributed by atoms with E-state index in [-0.39, 0.29) is 5.60 Å². The van der Waals surface area contributed by atoms with E-state index in [9.17, 15) is 9.59 Å². The Bertz CT molecular complexity index is 427. The zero-order valence-corrected chi connectivity index (χ0v) is 10.9. The second-order valence-electron chi connectivity index (χ2n) is 6.44. The summed E-state index contributed by atoms with van der Waals surface area (Å²) < 4.78 is 16.3. The van der Waals surface area contributed by atoms with E-state index in [0.29, 0.717) is 37.1 Å². The van der Waals surface area contributed by atoms with E-state index in [0.717, 1.165) is 32.1 Å². The van der Waals surface area contributed by atoms with Crippen LogP contribution in [0.2, 0.25) is 0 Å². The van der Waals surface area contributed by atoms with Gasteiger partial charge in [-0.1, -0.05) is 0 Å². The molecule has 5 heteroatoms. The van der Waals surface area contributed by atoms with Gasteiger partial charge in [-0.15, -0.1) is 0 Å². The molecule has 2 aliphatic carbocycles. The van der Waals surface area contributed by atoms with Crippen molar-refractivity contribution in [3.63, 3.8) is 0 Å². The second-order valence-corrected chi connectivity index (χ2v) is 6.44. The topological polar surface area (TPSA) is 65.1 Å². The van der Waals surface area contributed by atoms with E-state index in [1.54, 1.807) is 0 Å². The lowest BCUT2D eigenvalue weighted by atomic mass is 9.75. The summed E-state index contributed by atoms with van der Waals surface area (Å²) in [5.41, 5.74) is -0.149. The third-order valence-corrected chi connectivity index (χ3v) is 5.10. The quantitative estimate of drug-likeness (QED) is 0.567. The van der Waals surface area contributed by atoms with E-state index < -0.39 is 11.9 Å². The summed E-state index contributed by atoms with van der Waals surface area (Å²) in [5.74, 6) is 0.251. The van der Waals surface area contributed by atoms with Crippen molar-refractivity contribution in [1.82, 2.24) is 0 Å². The van der Waals surface area contributed by atoms with Crippen molar-refractivity contribution in [2.75, 3.05) is 0 Å². The lowest BCUT2D eigenvalue weighted by Crippen LogP contribution is -2.55. The van der Waals surface area contributed by atoms with E-state index in [1.165, 1.54) is 0 Å². The minimum absolute atomic E-state index is 0.149. The third kappa shape index (κ3) is 1.86. The van der Waals surface area contributed by atoms with Gasteiger partial charge in [0.2, 0.25) is 0 Å². The first kappa shape index (κ1) is 11.7. The van der Waals surface area contributed by atoms with Gasteiger partial charge in [0.1, 0.15) is 11.4 Å². The van der Waals surface area contributed by atoms with Gasteiger partial charge in [-0.3, -0.25) is 4.79 Å². The Balaban J connectivity index is 1.41. The Labute approximate surface area is 111 Å². The SMILES string of the molecule is O=C1CCC(CC23CC4(CCC2O3)OC(=O)O4)CC1. The van der Waals surface area contributed by atoms with Gasteiger partial charge >= 0.3 is 6.16 Å². The van der Waals surface area contributed by atoms with Gasteiger partial charge in [0.05, 0.1) is 12.5 Å². The van der Waals surface area contributed by atoms with Crippen molar-refractivity contribution in [1.29, 1.82) is 0 Å². The number of Topliss-reactive ketones (excluding diaryl/α,β-unsaturated/α-hetero) is 1. The molecule has 2 heterocycles. The Hall–Kier alpha value is -1.10. The Kier molecular flexibility index (Phi) is 2.29. The van der Waals surface area contributed by atoms with Crippen molar-refractivity contribution in [2.45, 2.75) is 68.9 Å². The molecule has 19 heavy (non-hydrogen) atoms. The lowest BCUT2D eigenvalue weighted by molar-refractivity contribution is -0.287. The van der Waals surface area contributed by atoms with Gasteiger partial charge in [-0.2, -0.15) is 0 Å². The monoisotopic (exact) mass is 266 g/mol. The van der Waals surface area contributed by atoms with Crippen molar-refractivity contribution < 1.29 is 23.8 Å². The summed E-state index contributed by atoms with van der Waals surface area (Å²) in [4.78, 5) is 22.2. The summed E-state index contributed by atoms with van der Waals surface area (Å²) in [6.45, 7) is 0. The Morgan fingerprint density at radius 1 is 1.11 bits per heavy atom. The average Bonchev–Trinajstić information content (AvgIpc) is 3.03. The van der Waals surface area contributed by atoms with Crippen LogP contribution in [0.15, 0.2) is 0 Å². The fourth-order valence-electron chi connectivity index (χ4n) is 4.05. The van der Waals surface area contributed by atoms with Crippen LogP contribution in [0.25, 0.3) is 0 Å². The van der Waals surface area contributed by atoms with Crippen LogP contribution < -0.4 is 0 Å². The fourth-order valence-corrected chi connectivity index (χ4v) is 4.05. The number of carbonyl (C=O) groups is 2. The standard InChI is InChI=1S/C14H18O5/c15-10-3-1-9(2-4-10)7-13-8-14(18-12(16)19-14)6-5-11(13)17-13/h9,11H,1-8H2. The van der Waals surface area contributed by atoms with E-state index in [1.807, 2.05) is 0 Å². The number of ketones is 1. The molecule has 1 spiro atoms. The highest BCUT2D eigenvalue weighted by Gasteiger charge is 2.68. The molecule has 0 radical (unpaired) electrons. The van der Waals surface area contributed by atoms with Crippen LogP contribution >= 0.6 is 0 Å². The molecule has 2 atom stereocenters. The highest BCUT2D eigenvalue weighted by atomic mass is 16.9. The van der Waals surface area contributed by atoms with E-state index >= 15 is 0 Å². The first-order chi connectivity index (χ1) is 9.09. The number of ether oxygens (including phenoxy) is 3. The minimum Gasteiger partial charge on any atom is -0.391 e. The van der Waals surface area contributed by atoms with Crippen LogP contribution in [0.5, 0.6) is 0 Å². The van der Waals surface area contributed by atoms with Crippen molar-refractivity contribution in [3.05, 3.63) is 0 Å². The molecular weight excluding hydrogens is 248 g/mol. The molecule has 5 nitrogen and oxygen atoms in total. The molecule has 0 aromatic carbocycles. The first-order valence-electron chi connectivity index (χ1n) is 7.21. The number of carbonyl (C=O) groups excluding carboxylic acids is 2. The molecule has 4 rings (SSSR count). The molecule has 0 aromatic rings. The molecule has 0 bridgehead atoms. The van der Waals surface area contributed by atoms with E-state index in [4.69, 9.17) is 14.2 Å². The summed E-state index contributed by atoms with van der Waals surface area (Å²) >= 11 is 0. The zero-order valence-electron chi connectivity index (χ0n) is 10.9. The van der Waals surface area contributed by atoms with Crippen LogP contribution in [0.4, 0.5) is 4.79 Å². The van der Waals surface area contributed by atoms with Crippen LogP contribution in [0, 0.1) is 5.92 Å². The average molecular weight is 266 g/mol. The summed E-state index contributed by atoms with van der Waals surface area (Å²) in [5, 5.41) is 0. The molecular formula is C14H18O5. The molecule has 2 unspecified atom stereocenters. The summed E-state index contributed by atoms with van der Waals surface area (Å²) in [6, 6.07) is 0. The Morgan fingerprint density at radius 2 is 1.84 bits per heavy atom. The maximum absolute atomic E-state index is 11.3. The van der Waals surface area contributed by atoms with Gasteiger partial charge in [0.25, 0.3) is 5.79 Å².